The number of esters is 1. The van der Waals surface area contributed by atoms with E-state index in [9.17, 15) is 13.4 Å². The molecule has 2 rings (SSSR count). The first-order chi connectivity index (χ1) is 10.1. The van der Waals surface area contributed by atoms with Gasteiger partial charge in [0.2, 0.25) is 0 Å². The highest BCUT2D eigenvalue weighted by Crippen LogP contribution is 2.18. The summed E-state index contributed by atoms with van der Waals surface area (Å²) in [5.41, 5.74) is 1.50. The molecule has 21 heavy (non-hydrogen) atoms. The zero-order chi connectivity index (χ0) is 15.2. The fourth-order valence-corrected chi connectivity index (χ4v) is 3.18. The van der Waals surface area contributed by atoms with Crippen molar-refractivity contribution in [2.45, 2.75) is 17.1 Å². The van der Waals surface area contributed by atoms with Crippen LogP contribution in [0.4, 0.5) is 4.39 Å². The zero-order valence-corrected chi connectivity index (χ0v) is 12.4. The lowest BCUT2D eigenvalue weighted by Crippen LogP contribution is -2.08. The number of carbonyl (C=O) groups is 1. The second-order valence-corrected chi connectivity index (χ2v) is 5.86. The molecule has 2 aromatic rings. The minimum absolute atomic E-state index is 0.112. The van der Waals surface area contributed by atoms with Gasteiger partial charge in [0.25, 0.3) is 0 Å². The Kier molecular flexibility index (Phi) is 5.22. The zero-order valence-electron chi connectivity index (χ0n) is 11.5. The number of hydrogen-bond acceptors (Lipinski definition) is 3. The van der Waals surface area contributed by atoms with Crippen molar-refractivity contribution in [3.05, 3.63) is 65.5 Å². The van der Waals surface area contributed by atoms with Gasteiger partial charge in [0.15, 0.2) is 0 Å². The number of rotatable bonds is 5. The molecule has 0 aliphatic rings. The predicted molar refractivity (Wildman–Crippen MR) is 78.7 cm³/mol. The molecule has 0 aliphatic carbocycles. The van der Waals surface area contributed by atoms with Crippen LogP contribution in [0.25, 0.3) is 0 Å². The third-order valence-corrected chi connectivity index (χ3v) is 4.44. The summed E-state index contributed by atoms with van der Waals surface area (Å²) in [6.45, 7) is 0. The average molecular weight is 306 g/mol. The van der Waals surface area contributed by atoms with Gasteiger partial charge < -0.3 is 4.74 Å². The van der Waals surface area contributed by atoms with Gasteiger partial charge in [0.1, 0.15) is 5.82 Å². The van der Waals surface area contributed by atoms with Crippen molar-refractivity contribution in [3.8, 4) is 0 Å². The molecule has 0 saturated heterocycles. The van der Waals surface area contributed by atoms with E-state index in [-0.39, 0.29) is 23.0 Å². The van der Waals surface area contributed by atoms with E-state index in [1.165, 1.54) is 19.2 Å². The molecule has 0 radical (unpaired) electrons. The van der Waals surface area contributed by atoms with Gasteiger partial charge in [-0.3, -0.25) is 9.00 Å². The first-order valence-corrected chi connectivity index (χ1v) is 7.70. The molecular formula is C16H15FO3S. The summed E-state index contributed by atoms with van der Waals surface area (Å²) in [5.74, 6) is -0.686. The quantitative estimate of drug-likeness (QED) is 0.798. The first kappa shape index (κ1) is 15.4. The average Bonchev–Trinajstić information content (AvgIpc) is 2.49. The van der Waals surface area contributed by atoms with Gasteiger partial charge in [-0.15, -0.1) is 0 Å². The smallest absolute Gasteiger partial charge is 0.309 e. The van der Waals surface area contributed by atoms with Crippen LogP contribution in [0.1, 0.15) is 11.1 Å². The second kappa shape index (κ2) is 7.13. The lowest BCUT2D eigenvalue weighted by Gasteiger charge is -2.09. The van der Waals surface area contributed by atoms with Crippen molar-refractivity contribution in [2.24, 2.45) is 0 Å². The molecule has 0 heterocycles. The number of methoxy groups -OCH3 is 1. The van der Waals surface area contributed by atoms with Crippen LogP contribution in [-0.4, -0.2) is 17.3 Å². The van der Waals surface area contributed by atoms with Crippen molar-refractivity contribution >= 4 is 16.8 Å². The Balaban J connectivity index is 2.22. The summed E-state index contributed by atoms with van der Waals surface area (Å²) in [5, 5.41) is 0. The summed E-state index contributed by atoms with van der Waals surface area (Å²) in [6, 6.07) is 13.2. The minimum atomic E-state index is -1.50. The summed E-state index contributed by atoms with van der Waals surface area (Å²) in [4.78, 5) is 11.6. The number of halogens is 1. The van der Waals surface area contributed by atoms with Crippen LogP contribution >= 0.6 is 0 Å². The Labute approximate surface area is 125 Å². The third kappa shape index (κ3) is 3.98. The van der Waals surface area contributed by atoms with Gasteiger partial charge in [0.05, 0.1) is 35.0 Å². The van der Waals surface area contributed by atoms with Gasteiger partial charge in [-0.05, 0) is 23.3 Å². The molecule has 0 spiro atoms. The van der Waals surface area contributed by atoms with Crippen LogP contribution in [0, 0.1) is 5.82 Å². The molecule has 5 heteroatoms. The topological polar surface area (TPSA) is 43.4 Å². The molecule has 0 fully saturated rings. The van der Waals surface area contributed by atoms with Crippen molar-refractivity contribution in [2.75, 3.05) is 7.11 Å². The maximum absolute atomic E-state index is 13.6. The lowest BCUT2D eigenvalue weighted by molar-refractivity contribution is -0.139. The molecule has 1 unspecified atom stereocenters. The Morgan fingerprint density at radius 1 is 1.10 bits per heavy atom. The van der Waals surface area contributed by atoms with E-state index in [1.807, 2.05) is 0 Å². The van der Waals surface area contributed by atoms with E-state index in [2.05, 4.69) is 4.74 Å². The Bertz CT molecular complexity index is 670. The second-order valence-electron chi connectivity index (χ2n) is 4.44. The maximum atomic E-state index is 13.6. The first-order valence-electron chi connectivity index (χ1n) is 6.38. The van der Waals surface area contributed by atoms with E-state index >= 15 is 0 Å². The fourth-order valence-electron chi connectivity index (χ4n) is 1.95. The van der Waals surface area contributed by atoms with Crippen molar-refractivity contribution in [1.29, 1.82) is 0 Å². The summed E-state index contributed by atoms with van der Waals surface area (Å²) < 4.78 is 30.6. The molecule has 0 amide bonds. The Morgan fingerprint density at radius 2 is 1.71 bits per heavy atom. The van der Waals surface area contributed by atoms with Crippen LogP contribution in [0.3, 0.4) is 0 Å². The molecule has 3 nitrogen and oxygen atoms in total. The molecule has 0 saturated carbocycles. The summed E-state index contributed by atoms with van der Waals surface area (Å²) >= 11 is 0. The van der Waals surface area contributed by atoms with Crippen LogP contribution in [-0.2, 0) is 32.5 Å². The molecular weight excluding hydrogens is 291 g/mol. The van der Waals surface area contributed by atoms with Crippen LogP contribution < -0.4 is 0 Å². The molecule has 110 valence electrons. The predicted octanol–water partition coefficient (Wildman–Crippen LogP) is 2.85. The van der Waals surface area contributed by atoms with E-state index in [0.29, 0.717) is 0 Å². The highest BCUT2D eigenvalue weighted by Gasteiger charge is 2.13. The van der Waals surface area contributed by atoms with E-state index < -0.39 is 16.6 Å². The van der Waals surface area contributed by atoms with Crippen molar-refractivity contribution in [1.82, 2.24) is 0 Å². The molecule has 1 atom stereocenters. The van der Waals surface area contributed by atoms with Gasteiger partial charge >= 0.3 is 5.97 Å². The lowest BCUT2D eigenvalue weighted by atomic mass is 10.1. The summed E-state index contributed by atoms with van der Waals surface area (Å²) in [7, 11) is -0.178. The van der Waals surface area contributed by atoms with E-state index in [1.54, 1.807) is 36.4 Å². The van der Waals surface area contributed by atoms with E-state index in [0.717, 1.165) is 11.1 Å². The van der Waals surface area contributed by atoms with Gasteiger partial charge in [0, 0.05) is 0 Å². The van der Waals surface area contributed by atoms with E-state index in [4.69, 9.17) is 0 Å². The number of benzene rings is 2. The number of hydrogen-bond donors (Lipinski definition) is 0. The van der Waals surface area contributed by atoms with Crippen molar-refractivity contribution in [3.63, 3.8) is 0 Å². The molecule has 2 aromatic carbocycles. The normalized spacial score (nSPS) is 11.9. The van der Waals surface area contributed by atoms with Gasteiger partial charge in [-0.2, -0.15) is 0 Å². The van der Waals surface area contributed by atoms with Gasteiger partial charge in [-0.25, -0.2) is 4.39 Å². The summed E-state index contributed by atoms with van der Waals surface area (Å²) in [6.07, 6.45) is 0.112. The maximum Gasteiger partial charge on any atom is 0.309 e. The SMILES string of the molecule is COC(=O)Cc1ccccc1CS(=O)c1ccccc1F. The van der Waals surface area contributed by atoms with Crippen LogP contribution in [0.2, 0.25) is 0 Å². The molecule has 0 bridgehead atoms. The fraction of sp³-hybridized carbons (Fsp3) is 0.188. The molecule has 0 N–H and O–H groups in total. The monoisotopic (exact) mass is 306 g/mol. The standard InChI is InChI=1S/C16H15FO3S/c1-20-16(18)10-12-6-2-3-7-13(12)11-21(19)15-9-5-4-8-14(15)17/h2-9H,10-11H2,1H3. The highest BCUT2D eigenvalue weighted by atomic mass is 32.2. The minimum Gasteiger partial charge on any atom is -0.469 e. The van der Waals surface area contributed by atoms with Crippen LogP contribution in [0.5, 0.6) is 0 Å². The Hall–Kier alpha value is -2.01. The largest absolute Gasteiger partial charge is 0.469 e. The number of carbonyl (C=O) groups excluding carboxylic acids is 1. The highest BCUT2D eigenvalue weighted by molar-refractivity contribution is 7.84. The third-order valence-electron chi connectivity index (χ3n) is 3.05. The van der Waals surface area contributed by atoms with Gasteiger partial charge in [-0.1, -0.05) is 36.4 Å². The van der Waals surface area contributed by atoms with Crippen LogP contribution in [0.15, 0.2) is 53.4 Å². The number of ether oxygens (including phenoxy) is 1. The molecule has 0 aliphatic heterocycles. The van der Waals surface area contributed by atoms with Crippen molar-refractivity contribution < 1.29 is 18.1 Å². The molecule has 0 aromatic heterocycles. The Morgan fingerprint density at radius 3 is 2.38 bits per heavy atom.